The van der Waals surface area contributed by atoms with Crippen LogP contribution < -0.4 is 15.2 Å². The first kappa shape index (κ1) is 11.3. The van der Waals surface area contributed by atoms with Gasteiger partial charge in [0.15, 0.2) is 11.5 Å². The van der Waals surface area contributed by atoms with E-state index in [2.05, 4.69) is 0 Å². The Morgan fingerprint density at radius 1 is 1.25 bits per heavy atom. The minimum Gasteiger partial charge on any atom is -0.493 e. The number of methoxy groups -OCH3 is 1. The van der Waals surface area contributed by atoms with E-state index in [9.17, 15) is 0 Å². The SMILES string of the molecule is COc1ccccc1OCCC1(N)CCC1. The molecule has 3 heteroatoms. The van der Waals surface area contributed by atoms with Gasteiger partial charge in [-0.05, 0) is 37.8 Å². The van der Waals surface area contributed by atoms with Crippen LogP contribution in [-0.2, 0) is 0 Å². The first-order valence-electron chi connectivity index (χ1n) is 5.78. The molecule has 0 bridgehead atoms. The molecule has 1 aliphatic rings. The third-order valence-electron chi connectivity index (χ3n) is 3.28. The van der Waals surface area contributed by atoms with Crippen molar-refractivity contribution in [1.82, 2.24) is 0 Å². The molecule has 0 atom stereocenters. The number of nitrogens with two attached hydrogens (primary N) is 1. The molecule has 1 aromatic carbocycles. The Labute approximate surface area is 96.5 Å². The van der Waals surface area contributed by atoms with Crippen LogP contribution in [0.5, 0.6) is 11.5 Å². The van der Waals surface area contributed by atoms with E-state index in [1.165, 1.54) is 6.42 Å². The fourth-order valence-electron chi connectivity index (χ4n) is 1.98. The zero-order valence-electron chi connectivity index (χ0n) is 9.74. The van der Waals surface area contributed by atoms with Crippen LogP contribution in [0.1, 0.15) is 25.7 Å². The van der Waals surface area contributed by atoms with Gasteiger partial charge in [-0.3, -0.25) is 0 Å². The first-order valence-corrected chi connectivity index (χ1v) is 5.78. The van der Waals surface area contributed by atoms with Gasteiger partial charge in [-0.1, -0.05) is 12.1 Å². The normalized spacial score (nSPS) is 17.6. The summed E-state index contributed by atoms with van der Waals surface area (Å²) in [6.45, 7) is 0.664. The maximum atomic E-state index is 6.13. The van der Waals surface area contributed by atoms with Crippen LogP contribution in [0.15, 0.2) is 24.3 Å². The lowest BCUT2D eigenvalue weighted by Crippen LogP contribution is -2.47. The van der Waals surface area contributed by atoms with Crippen LogP contribution in [0.3, 0.4) is 0 Å². The summed E-state index contributed by atoms with van der Waals surface area (Å²) >= 11 is 0. The highest BCUT2D eigenvalue weighted by Gasteiger charge is 2.32. The highest BCUT2D eigenvalue weighted by atomic mass is 16.5. The number of ether oxygens (including phenoxy) is 2. The van der Waals surface area contributed by atoms with Crippen molar-refractivity contribution in [1.29, 1.82) is 0 Å². The predicted octanol–water partition coefficient (Wildman–Crippen LogP) is 2.35. The van der Waals surface area contributed by atoms with E-state index < -0.39 is 0 Å². The largest absolute Gasteiger partial charge is 0.493 e. The number of benzene rings is 1. The molecular weight excluding hydrogens is 202 g/mol. The summed E-state index contributed by atoms with van der Waals surface area (Å²) in [6.07, 6.45) is 4.43. The minimum atomic E-state index is 0.0298. The van der Waals surface area contributed by atoms with Crippen molar-refractivity contribution in [2.45, 2.75) is 31.2 Å². The second-order valence-corrected chi connectivity index (χ2v) is 4.47. The third kappa shape index (κ3) is 2.47. The van der Waals surface area contributed by atoms with Gasteiger partial charge in [-0.15, -0.1) is 0 Å². The Balaban J connectivity index is 1.84. The van der Waals surface area contributed by atoms with E-state index in [0.29, 0.717) is 6.61 Å². The number of rotatable bonds is 5. The molecule has 0 saturated heterocycles. The second-order valence-electron chi connectivity index (χ2n) is 4.47. The van der Waals surface area contributed by atoms with E-state index in [1.807, 2.05) is 24.3 Å². The molecule has 1 aromatic rings. The molecule has 0 unspecified atom stereocenters. The van der Waals surface area contributed by atoms with Crippen molar-refractivity contribution in [3.05, 3.63) is 24.3 Å². The van der Waals surface area contributed by atoms with E-state index in [1.54, 1.807) is 7.11 Å². The number of para-hydroxylation sites is 2. The predicted molar refractivity (Wildman–Crippen MR) is 63.9 cm³/mol. The lowest BCUT2D eigenvalue weighted by atomic mass is 9.76. The average molecular weight is 221 g/mol. The monoisotopic (exact) mass is 221 g/mol. The minimum absolute atomic E-state index is 0.0298. The summed E-state index contributed by atoms with van der Waals surface area (Å²) in [6, 6.07) is 7.70. The Kier molecular flexibility index (Phi) is 3.34. The van der Waals surface area contributed by atoms with E-state index in [-0.39, 0.29) is 5.54 Å². The van der Waals surface area contributed by atoms with Crippen LogP contribution >= 0.6 is 0 Å². The summed E-state index contributed by atoms with van der Waals surface area (Å²) < 4.78 is 10.9. The molecule has 1 fully saturated rings. The van der Waals surface area contributed by atoms with E-state index >= 15 is 0 Å². The molecule has 0 spiro atoms. The molecular formula is C13H19NO2. The van der Waals surface area contributed by atoms with Gasteiger partial charge in [0, 0.05) is 5.54 Å². The first-order chi connectivity index (χ1) is 7.73. The Morgan fingerprint density at radius 3 is 2.50 bits per heavy atom. The van der Waals surface area contributed by atoms with Crippen LogP contribution in [0.4, 0.5) is 0 Å². The van der Waals surface area contributed by atoms with Gasteiger partial charge in [0.05, 0.1) is 13.7 Å². The van der Waals surface area contributed by atoms with Crippen molar-refractivity contribution >= 4 is 0 Å². The van der Waals surface area contributed by atoms with E-state index in [4.69, 9.17) is 15.2 Å². The zero-order chi connectivity index (χ0) is 11.4. The third-order valence-corrected chi connectivity index (χ3v) is 3.28. The standard InChI is InChI=1S/C13H19NO2/c1-15-11-5-2-3-6-12(11)16-10-9-13(14)7-4-8-13/h2-3,5-6H,4,7-10,14H2,1H3. The smallest absolute Gasteiger partial charge is 0.161 e. The fourth-order valence-corrected chi connectivity index (χ4v) is 1.98. The molecule has 1 saturated carbocycles. The van der Waals surface area contributed by atoms with Crippen LogP contribution in [-0.4, -0.2) is 19.3 Å². The lowest BCUT2D eigenvalue weighted by Gasteiger charge is -2.38. The molecule has 1 aliphatic carbocycles. The molecule has 0 heterocycles. The summed E-state index contributed by atoms with van der Waals surface area (Å²) in [5.74, 6) is 1.58. The second kappa shape index (κ2) is 4.74. The summed E-state index contributed by atoms with van der Waals surface area (Å²) in [7, 11) is 1.65. The Hall–Kier alpha value is -1.22. The quantitative estimate of drug-likeness (QED) is 0.830. The van der Waals surface area contributed by atoms with Crippen molar-refractivity contribution < 1.29 is 9.47 Å². The average Bonchev–Trinajstić information content (AvgIpc) is 2.27. The molecule has 16 heavy (non-hydrogen) atoms. The van der Waals surface area contributed by atoms with Crippen molar-refractivity contribution in [3.8, 4) is 11.5 Å². The van der Waals surface area contributed by atoms with Gasteiger partial charge in [0.1, 0.15) is 0 Å². The molecule has 2 rings (SSSR count). The molecule has 0 aromatic heterocycles. The topological polar surface area (TPSA) is 44.5 Å². The van der Waals surface area contributed by atoms with Gasteiger partial charge in [-0.25, -0.2) is 0 Å². The van der Waals surface area contributed by atoms with Crippen LogP contribution in [0.25, 0.3) is 0 Å². The molecule has 88 valence electrons. The van der Waals surface area contributed by atoms with Gasteiger partial charge in [-0.2, -0.15) is 0 Å². The van der Waals surface area contributed by atoms with Crippen molar-refractivity contribution in [2.75, 3.05) is 13.7 Å². The van der Waals surface area contributed by atoms with Crippen LogP contribution in [0, 0.1) is 0 Å². The maximum Gasteiger partial charge on any atom is 0.161 e. The highest BCUT2D eigenvalue weighted by molar-refractivity contribution is 5.39. The molecule has 0 radical (unpaired) electrons. The Morgan fingerprint density at radius 2 is 1.94 bits per heavy atom. The Bertz CT molecular complexity index is 348. The summed E-state index contributed by atoms with van der Waals surface area (Å²) in [4.78, 5) is 0. The van der Waals surface area contributed by atoms with E-state index in [0.717, 1.165) is 30.8 Å². The molecule has 0 aliphatic heterocycles. The number of hydrogen-bond donors (Lipinski definition) is 1. The summed E-state index contributed by atoms with van der Waals surface area (Å²) in [5.41, 5.74) is 6.16. The number of hydrogen-bond acceptors (Lipinski definition) is 3. The van der Waals surface area contributed by atoms with Gasteiger partial charge in [0.25, 0.3) is 0 Å². The van der Waals surface area contributed by atoms with Crippen molar-refractivity contribution in [3.63, 3.8) is 0 Å². The molecule has 3 nitrogen and oxygen atoms in total. The molecule has 0 amide bonds. The highest BCUT2D eigenvalue weighted by Crippen LogP contribution is 2.33. The summed E-state index contributed by atoms with van der Waals surface area (Å²) in [5, 5.41) is 0. The van der Waals surface area contributed by atoms with Gasteiger partial charge < -0.3 is 15.2 Å². The van der Waals surface area contributed by atoms with Crippen molar-refractivity contribution in [2.24, 2.45) is 5.73 Å². The lowest BCUT2D eigenvalue weighted by molar-refractivity contribution is 0.180. The molecule has 2 N–H and O–H groups in total. The van der Waals surface area contributed by atoms with Crippen LogP contribution in [0.2, 0.25) is 0 Å². The van der Waals surface area contributed by atoms with Gasteiger partial charge >= 0.3 is 0 Å². The zero-order valence-corrected chi connectivity index (χ0v) is 9.74. The fraction of sp³-hybridized carbons (Fsp3) is 0.538. The van der Waals surface area contributed by atoms with Gasteiger partial charge in [0.2, 0.25) is 0 Å². The maximum absolute atomic E-state index is 6.13.